The summed E-state index contributed by atoms with van der Waals surface area (Å²) in [5.41, 5.74) is 1.05. The third kappa shape index (κ3) is 2.43. The molecule has 0 saturated carbocycles. The molecule has 0 saturated heterocycles. The van der Waals surface area contributed by atoms with E-state index in [9.17, 15) is 0 Å². The highest BCUT2D eigenvalue weighted by Gasteiger charge is 2.21. The first-order valence-electron chi connectivity index (χ1n) is 5.51. The van der Waals surface area contributed by atoms with Crippen molar-refractivity contribution in [3.05, 3.63) is 11.4 Å². The Morgan fingerprint density at radius 3 is 2.06 bits per heavy atom. The van der Waals surface area contributed by atoms with Crippen molar-refractivity contribution in [1.82, 2.24) is 9.97 Å². The molecule has 90 valence electrons. The van der Waals surface area contributed by atoms with Crippen molar-refractivity contribution in [1.29, 1.82) is 0 Å². The van der Waals surface area contributed by atoms with Crippen molar-refractivity contribution in [3.63, 3.8) is 0 Å². The molecule has 0 amide bonds. The number of nitrogens with one attached hydrogen (secondary N) is 1. The number of hydrogen-bond donors (Lipinski definition) is 1. The van der Waals surface area contributed by atoms with Crippen molar-refractivity contribution in [2.75, 3.05) is 31.4 Å². The predicted octanol–water partition coefficient (Wildman–Crippen LogP) is 2.19. The van der Waals surface area contributed by atoms with Crippen LogP contribution in [0.1, 0.15) is 32.2 Å². The highest BCUT2D eigenvalue weighted by atomic mass is 15.2. The van der Waals surface area contributed by atoms with E-state index >= 15 is 0 Å². The molecule has 4 nitrogen and oxygen atoms in total. The van der Waals surface area contributed by atoms with Crippen LogP contribution in [-0.2, 0) is 5.41 Å². The first-order chi connectivity index (χ1) is 7.27. The Kier molecular flexibility index (Phi) is 3.41. The van der Waals surface area contributed by atoms with Crippen LogP contribution in [0.5, 0.6) is 0 Å². The van der Waals surface area contributed by atoms with Crippen LogP contribution in [0.4, 0.5) is 11.6 Å². The largest absolute Gasteiger partial charge is 0.373 e. The van der Waals surface area contributed by atoms with Gasteiger partial charge in [0, 0.05) is 32.1 Å². The Morgan fingerprint density at radius 1 is 1.12 bits per heavy atom. The van der Waals surface area contributed by atoms with Gasteiger partial charge in [0.05, 0.1) is 0 Å². The first kappa shape index (κ1) is 12.7. The lowest BCUT2D eigenvalue weighted by molar-refractivity contribution is 0.545. The summed E-state index contributed by atoms with van der Waals surface area (Å²) in [6.45, 7) is 8.40. The van der Waals surface area contributed by atoms with Gasteiger partial charge >= 0.3 is 0 Å². The van der Waals surface area contributed by atoms with Gasteiger partial charge in [0.2, 0.25) is 0 Å². The lowest BCUT2D eigenvalue weighted by atomic mass is 9.95. The van der Waals surface area contributed by atoms with Gasteiger partial charge in [-0.15, -0.1) is 0 Å². The number of rotatable bonds is 2. The number of hydrogen-bond acceptors (Lipinski definition) is 4. The third-order valence-corrected chi connectivity index (χ3v) is 2.45. The monoisotopic (exact) mass is 222 g/mol. The summed E-state index contributed by atoms with van der Waals surface area (Å²) in [5, 5.41) is 3.13. The van der Waals surface area contributed by atoms with E-state index in [0.29, 0.717) is 0 Å². The summed E-state index contributed by atoms with van der Waals surface area (Å²) >= 11 is 0. The summed E-state index contributed by atoms with van der Waals surface area (Å²) in [6.07, 6.45) is 0. The molecule has 0 aromatic carbocycles. The van der Waals surface area contributed by atoms with Crippen LogP contribution in [0.15, 0.2) is 0 Å². The van der Waals surface area contributed by atoms with E-state index in [1.807, 2.05) is 33.0 Å². The summed E-state index contributed by atoms with van der Waals surface area (Å²) in [4.78, 5) is 11.2. The highest BCUT2D eigenvalue weighted by molar-refractivity contribution is 5.58. The van der Waals surface area contributed by atoms with Gasteiger partial charge in [0.25, 0.3) is 0 Å². The summed E-state index contributed by atoms with van der Waals surface area (Å²) in [5.74, 6) is 2.75. The van der Waals surface area contributed by atoms with E-state index in [2.05, 4.69) is 36.1 Å². The lowest BCUT2D eigenvalue weighted by Gasteiger charge is -2.23. The SMILES string of the molecule is CNc1nc(C(C)(C)C)nc(N(C)C)c1C. The molecule has 1 heterocycles. The summed E-state index contributed by atoms with van der Waals surface area (Å²) in [7, 11) is 5.89. The minimum atomic E-state index is -0.0376. The zero-order valence-electron chi connectivity index (χ0n) is 11.3. The molecule has 1 aromatic rings. The molecule has 0 unspecified atom stereocenters. The fourth-order valence-electron chi connectivity index (χ4n) is 1.52. The van der Waals surface area contributed by atoms with Crippen LogP contribution in [0, 0.1) is 6.92 Å². The third-order valence-electron chi connectivity index (χ3n) is 2.45. The van der Waals surface area contributed by atoms with E-state index in [1.54, 1.807) is 0 Å². The predicted molar refractivity (Wildman–Crippen MR) is 69.3 cm³/mol. The molecule has 0 aliphatic carbocycles. The Bertz CT molecular complexity index is 377. The fourth-order valence-corrected chi connectivity index (χ4v) is 1.52. The van der Waals surface area contributed by atoms with E-state index in [-0.39, 0.29) is 5.41 Å². The maximum absolute atomic E-state index is 4.63. The Hall–Kier alpha value is -1.32. The Morgan fingerprint density at radius 2 is 1.69 bits per heavy atom. The molecule has 0 spiro atoms. The molecule has 0 atom stereocenters. The Balaban J connectivity index is 3.40. The molecular formula is C12H22N4. The molecule has 0 radical (unpaired) electrons. The van der Waals surface area contributed by atoms with E-state index < -0.39 is 0 Å². The second-order valence-corrected chi connectivity index (χ2v) is 5.24. The van der Waals surface area contributed by atoms with Crippen molar-refractivity contribution >= 4 is 11.6 Å². The molecule has 1 rings (SSSR count). The van der Waals surface area contributed by atoms with Gasteiger partial charge in [0.1, 0.15) is 17.5 Å². The quantitative estimate of drug-likeness (QED) is 0.833. The second-order valence-electron chi connectivity index (χ2n) is 5.24. The zero-order chi connectivity index (χ0) is 12.5. The van der Waals surface area contributed by atoms with Gasteiger partial charge in [0.15, 0.2) is 0 Å². The van der Waals surface area contributed by atoms with Crippen LogP contribution in [0.2, 0.25) is 0 Å². The molecule has 0 aliphatic rings. The van der Waals surface area contributed by atoms with Crippen LogP contribution >= 0.6 is 0 Å². The normalized spacial score (nSPS) is 11.4. The van der Waals surface area contributed by atoms with Crippen molar-refractivity contribution in [3.8, 4) is 0 Å². The van der Waals surface area contributed by atoms with Crippen LogP contribution in [-0.4, -0.2) is 31.1 Å². The van der Waals surface area contributed by atoms with Crippen molar-refractivity contribution in [2.45, 2.75) is 33.1 Å². The summed E-state index contributed by atoms with van der Waals surface area (Å²) in [6, 6.07) is 0. The first-order valence-corrected chi connectivity index (χ1v) is 5.51. The zero-order valence-corrected chi connectivity index (χ0v) is 11.3. The standard InChI is InChI=1S/C12H22N4/c1-8-9(13-5)14-11(12(2,3)4)15-10(8)16(6)7/h1-7H3,(H,13,14,15). The van der Waals surface area contributed by atoms with E-state index in [1.165, 1.54) is 0 Å². The number of aromatic nitrogens is 2. The van der Waals surface area contributed by atoms with Gasteiger partial charge in [-0.3, -0.25) is 0 Å². The molecule has 0 bridgehead atoms. The number of anilines is 2. The smallest absolute Gasteiger partial charge is 0.138 e. The molecule has 1 N–H and O–H groups in total. The topological polar surface area (TPSA) is 41.1 Å². The minimum Gasteiger partial charge on any atom is -0.373 e. The molecule has 16 heavy (non-hydrogen) atoms. The highest BCUT2D eigenvalue weighted by Crippen LogP contribution is 2.27. The average molecular weight is 222 g/mol. The maximum atomic E-state index is 4.63. The molecule has 1 aromatic heterocycles. The molecule has 0 aliphatic heterocycles. The molecule has 4 heteroatoms. The van der Waals surface area contributed by atoms with Gasteiger partial charge < -0.3 is 10.2 Å². The van der Waals surface area contributed by atoms with Gasteiger partial charge in [-0.2, -0.15) is 0 Å². The molecular weight excluding hydrogens is 200 g/mol. The van der Waals surface area contributed by atoms with E-state index in [0.717, 1.165) is 23.0 Å². The van der Waals surface area contributed by atoms with Gasteiger partial charge in [-0.1, -0.05) is 20.8 Å². The second kappa shape index (κ2) is 4.28. The van der Waals surface area contributed by atoms with Gasteiger partial charge in [-0.25, -0.2) is 9.97 Å². The summed E-state index contributed by atoms with van der Waals surface area (Å²) < 4.78 is 0. The van der Waals surface area contributed by atoms with Crippen molar-refractivity contribution < 1.29 is 0 Å². The number of nitrogens with zero attached hydrogens (tertiary/aromatic N) is 3. The van der Waals surface area contributed by atoms with Crippen LogP contribution in [0.3, 0.4) is 0 Å². The minimum absolute atomic E-state index is 0.0376. The van der Waals surface area contributed by atoms with Crippen LogP contribution < -0.4 is 10.2 Å². The lowest BCUT2D eigenvalue weighted by Crippen LogP contribution is -2.21. The van der Waals surface area contributed by atoms with E-state index in [4.69, 9.17) is 0 Å². The fraction of sp³-hybridized carbons (Fsp3) is 0.667. The van der Waals surface area contributed by atoms with Crippen LogP contribution in [0.25, 0.3) is 0 Å². The maximum Gasteiger partial charge on any atom is 0.138 e. The molecule has 0 fully saturated rings. The van der Waals surface area contributed by atoms with Crippen molar-refractivity contribution in [2.24, 2.45) is 0 Å². The average Bonchev–Trinajstić information content (AvgIpc) is 2.15. The Labute approximate surface area is 98.1 Å². The van der Waals surface area contributed by atoms with Gasteiger partial charge in [-0.05, 0) is 6.92 Å².